The fourth-order valence-corrected chi connectivity index (χ4v) is 4.08. The Labute approximate surface area is 128 Å². The summed E-state index contributed by atoms with van der Waals surface area (Å²) in [5.74, 6) is 0. The van der Waals surface area contributed by atoms with Crippen molar-refractivity contribution < 1.29 is 0 Å². The Hall–Kier alpha value is -2.12. The van der Waals surface area contributed by atoms with Crippen LogP contribution in [0.1, 0.15) is 23.6 Å². The number of rotatable bonds is 1. The Morgan fingerprint density at radius 1 is 0.810 bits per heavy atom. The Morgan fingerprint density at radius 2 is 1.52 bits per heavy atom. The maximum atomic E-state index is 2.39. The first-order chi connectivity index (χ1) is 10.3. The van der Waals surface area contributed by atoms with Crippen LogP contribution >= 0.6 is 0 Å². The van der Waals surface area contributed by atoms with Gasteiger partial charge < -0.3 is 0 Å². The van der Waals surface area contributed by atoms with Crippen LogP contribution in [-0.2, 0) is 0 Å². The average molecular weight is 286 g/mol. The molecule has 1 aliphatic rings. The van der Waals surface area contributed by atoms with Crippen LogP contribution in [-0.4, -0.2) is 10.2 Å². The average Bonchev–Trinajstić information content (AvgIpc) is 2.82. The smallest absolute Gasteiger partial charge is 0.0174 e. The molecule has 0 N–H and O–H groups in total. The van der Waals surface area contributed by atoms with E-state index in [2.05, 4.69) is 73.7 Å². The Bertz CT molecular complexity index is 869. The standard InChI is InChI=1S/C20H18Si/c1-13-12-19-17(10-5-11-18(19)20(13)21)16-9-4-7-14-6-2-3-8-15(14)16/h2-12,20H,1,21H3. The summed E-state index contributed by atoms with van der Waals surface area (Å²) < 4.78 is 0. The molecule has 0 bridgehead atoms. The summed E-state index contributed by atoms with van der Waals surface area (Å²) in [5.41, 5.74) is 7.88. The molecule has 0 saturated carbocycles. The molecule has 0 aromatic heterocycles. The number of fused-ring (bicyclic) bond motifs is 2. The first-order valence-corrected chi connectivity index (χ1v) is 8.70. The summed E-state index contributed by atoms with van der Waals surface area (Å²) in [6.45, 7) is 2.27. The van der Waals surface area contributed by atoms with Crippen LogP contribution in [0.4, 0.5) is 0 Å². The predicted octanol–water partition coefficient (Wildman–Crippen LogP) is 4.33. The van der Waals surface area contributed by atoms with Gasteiger partial charge in [0.15, 0.2) is 0 Å². The zero-order valence-electron chi connectivity index (χ0n) is 12.4. The topological polar surface area (TPSA) is 0 Å². The molecule has 0 spiro atoms. The van der Waals surface area contributed by atoms with Crippen molar-refractivity contribution in [1.82, 2.24) is 0 Å². The van der Waals surface area contributed by atoms with Gasteiger partial charge in [0.2, 0.25) is 0 Å². The Balaban J connectivity index is 2.04. The maximum Gasteiger partial charge on any atom is 0.0174 e. The van der Waals surface area contributed by atoms with Crippen LogP contribution < -0.4 is 0 Å². The minimum Gasteiger partial charge on any atom is -0.0689 e. The van der Waals surface area contributed by atoms with Crippen LogP contribution in [0.2, 0.25) is 0 Å². The molecule has 0 amide bonds. The van der Waals surface area contributed by atoms with E-state index in [0.29, 0.717) is 5.54 Å². The van der Waals surface area contributed by atoms with Crippen molar-refractivity contribution in [3.63, 3.8) is 0 Å². The lowest BCUT2D eigenvalue weighted by Crippen LogP contribution is -1.96. The molecule has 1 aliphatic carbocycles. The molecular formula is C20H18Si. The molecule has 102 valence electrons. The van der Waals surface area contributed by atoms with Crippen molar-refractivity contribution >= 4 is 27.1 Å². The number of allylic oxidation sites excluding steroid dienone is 1. The van der Waals surface area contributed by atoms with E-state index in [9.17, 15) is 0 Å². The zero-order valence-corrected chi connectivity index (χ0v) is 14.4. The van der Waals surface area contributed by atoms with Crippen molar-refractivity contribution in [1.29, 1.82) is 0 Å². The molecule has 4 rings (SSSR count). The number of benzene rings is 3. The SMILES string of the molecule is CC1=Cc2c(-c3cccc4ccccc34)cccc2C1[SiH3]. The number of hydrogen-bond donors (Lipinski definition) is 0. The third-order valence-electron chi connectivity index (χ3n) is 4.74. The van der Waals surface area contributed by atoms with Crippen molar-refractivity contribution in [3.05, 3.63) is 77.4 Å². The van der Waals surface area contributed by atoms with E-state index in [1.165, 1.54) is 48.8 Å². The van der Waals surface area contributed by atoms with Gasteiger partial charge in [0.25, 0.3) is 0 Å². The molecule has 0 nitrogen and oxygen atoms in total. The predicted molar refractivity (Wildman–Crippen MR) is 95.7 cm³/mol. The summed E-state index contributed by atoms with van der Waals surface area (Å²) in [6, 6.07) is 22.1. The molecule has 1 unspecified atom stereocenters. The highest BCUT2D eigenvalue weighted by Crippen LogP contribution is 2.40. The van der Waals surface area contributed by atoms with E-state index in [4.69, 9.17) is 0 Å². The van der Waals surface area contributed by atoms with Crippen LogP contribution in [0.5, 0.6) is 0 Å². The van der Waals surface area contributed by atoms with Crippen molar-refractivity contribution in [2.45, 2.75) is 12.5 Å². The van der Waals surface area contributed by atoms with Gasteiger partial charge in [-0.05, 0) is 45.5 Å². The van der Waals surface area contributed by atoms with E-state index in [0.717, 1.165) is 0 Å². The van der Waals surface area contributed by atoms with Gasteiger partial charge in [0, 0.05) is 10.2 Å². The molecule has 3 aromatic carbocycles. The minimum absolute atomic E-state index is 0.676. The summed E-state index contributed by atoms with van der Waals surface area (Å²) in [5, 5.41) is 2.66. The summed E-state index contributed by atoms with van der Waals surface area (Å²) in [6.07, 6.45) is 2.39. The quantitative estimate of drug-likeness (QED) is 0.584. The highest BCUT2D eigenvalue weighted by molar-refractivity contribution is 6.17. The molecule has 0 saturated heterocycles. The second-order valence-electron chi connectivity index (χ2n) is 5.95. The van der Waals surface area contributed by atoms with Gasteiger partial charge in [-0.2, -0.15) is 0 Å². The van der Waals surface area contributed by atoms with Gasteiger partial charge in [0.1, 0.15) is 0 Å². The fraction of sp³-hybridized carbons (Fsp3) is 0.100. The second-order valence-corrected chi connectivity index (χ2v) is 7.10. The first-order valence-electron chi connectivity index (χ1n) is 7.55. The maximum absolute atomic E-state index is 2.39. The highest BCUT2D eigenvalue weighted by Gasteiger charge is 2.21. The molecule has 0 radical (unpaired) electrons. The van der Waals surface area contributed by atoms with Gasteiger partial charge in [-0.25, -0.2) is 0 Å². The normalized spacial score (nSPS) is 17.0. The number of hydrogen-bond acceptors (Lipinski definition) is 0. The van der Waals surface area contributed by atoms with E-state index in [1.54, 1.807) is 0 Å². The first kappa shape index (κ1) is 12.6. The molecule has 0 fully saturated rings. The summed E-state index contributed by atoms with van der Waals surface area (Å²) >= 11 is 0. The van der Waals surface area contributed by atoms with Crippen LogP contribution in [0, 0.1) is 0 Å². The molecule has 3 aromatic rings. The van der Waals surface area contributed by atoms with Crippen LogP contribution in [0.15, 0.2) is 66.2 Å². The van der Waals surface area contributed by atoms with Crippen LogP contribution in [0.25, 0.3) is 28.0 Å². The van der Waals surface area contributed by atoms with E-state index >= 15 is 0 Å². The molecule has 1 atom stereocenters. The molecule has 1 heteroatoms. The molecule has 0 heterocycles. The lowest BCUT2D eigenvalue weighted by atomic mass is 9.93. The molecule has 0 aliphatic heterocycles. The fourth-order valence-electron chi connectivity index (χ4n) is 3.41. The van der Waals surface area contributed by atoms with E-state index < -0.39 is 0 Å². The minimum atomic E-state index is 0.676. The highest BCUT2D eigenvalue weighted by atomic mass is 28.1. The van der Waals surface area contributed by atoms with E-state index in [-0.39, 0.29) is 0 Å². The van der Waals surface area contributed by atoms with Crippen molar-refractivity contribution in [2.75, 3.05) is 0 Å². The zero-order chi connectivity index (χ0) is 14.4. The second kappa shape index (κ2) is 4.71. The van der Waals surface area contributed by atoms with Gasteiger partial charge in [-0.15, -0.1) is 0 Å². The van der Waals surface area contributed by atoms with Gasteiger partial charge >= 0.3 is 0 Å². The van der Waals surface area contributed by atoms with Gasteiger partial charge in [-0.1, -0.05) is 72.3 Å². The van der Waals surface area contributed by atoms with Crippen molar-refractivity contribution in [2.24, 2.45) is 0 Å². The van der Waals surface area contributed by atoms with Gasteiger partial charge in [-0.3, -0.25) is 0 Å². The largest absolute Gasteiger partial charge is 0.0689 e. The Morgan fingerprint density at radius 3 is 2.43 bits per heavy atom. The lowest BCUT2D eigenvalue weighted by molar-refractivity contribution is 1.14. The third kappa shape index (κ3) is 1.89. The summed E-state index contributed by atoms with van der Waals surface area (Å²) in [7, 11) is 1.19. The van der Waals surface area contributed by atoms with Gasteiger partial charge in [0.05, 0.1) is 0 Å². The monoisotopic (exact) mass is 286 g/mol. The molecular weight excluding hydrogens is 268 g/mol. The molecule has 21 heavy (non-hydrogen) atoms. The van der Waals surface area contributed by atoms with Crippen molar-refractivity contribution in [3.8, 4) is 11.1 Å². The van der Waals surface area contributed by atoms with Crippen LogP contribution in [0.3, 0.4) is 0 Å². The summed E-state index contributed by atoms with van der Waals surface area (Å²) in [4.78, 5) is 0. The lowest BCUT2D eigenvalue weighted by Gasteiger charge is -2.13. The Kier molecular flexibility index (Phi) is 2.83. The van der Waals surface area contributed by atoms with E-state index in [1.807, 2.05) is 0 Å². The third-order valence-corrected chi connectivity index (χ3v) is 6.27.